The summed E-state index contributed by atoms with van der Waals surface area (Å²) in [4.78, 5) is 0. The Morgan fingerprint density at radius 3 is 1.20 bits per heavy atom. The molecule has 0 amide bonds. The monoisotopic (exact) mass is 366 g/mol. The van der Waals surface area contributed by atoms with Crippen LogP contribution in [0.4, 0.5) is 0 Å². The summed E-state index contributed by atoms with van der Waals surface area (Å²) in [5, 5.41) is 0. The molecule has 0 aromatic carbocycles. The summed E-state index contributed by atoms with van der Waals surface area (Å²) in [6.07, 6.45) is 0. The topological polar surface area (TPSA) is 34.1 Å². The van der Waals surface area contributed by atoms with E-state index in [1.165, 1.54) is 0 Å². The fraction of sp³-hybridized carbons (Fsp3) is 0. The molecule has 0 unspecified atom stereocenters. The van der Waals surface area contributed by atoms with Gasteiger partial charge in [-0.3, -0.25) is 0 Å². The second-order valence-electron chi connectivity index (χ2n) is 0.0833. The molecule has 0 aliphatic carbocycles. The second kappa shape index (κ2) is 17.5. The van der Waals surface area contributed by atoms with E-state index in [9.17, 15) is 0 Å². The first-order chi connectivity index (χ1) is 1.41. The average Bonchev–Trinajstić information content (AvgIpc) is 0.918. The standard InChI is InChI=1S/2O.Ru.Ti.W. The van der Waals surface area contributed by atoms with Gasteiger partial charge in [0.05, 0.1) is 0 Å². The Balaban J connectivity index is -0.0000000200. The van der Waals surface area contributed by atoms with Gasteiger partial charge in [0.15, 0.2) is 0 Å². The molecule has 5 heteroatoms. The Kier molecular flexibility index (Phi) is 55.7. The molecule has 0 radical (unpaired) electrons. The van der Waals surface area contributed by atoms with Crippen LogP contribution < -0.4 is 0 Å². The SMILES string of the molecule is [O]=[Ti]=[O].[Ru].[W]. The van der Waals surface area contributed by atoms with E-state index >= 15 is 0 Å². The Morgan fingerprint density at radius 2 is 1.20 bits per heavy atom. The van der Waals surface area contributed by atoms with Crippen molar-refractivity contribution in [1.82, 2.24) is 0 Å². The molecule has 0 aromatic heterocycles. The van der Waals surface area contributed by atoms with E-state index < -0.39 is 19.1 Å². The zero-order valence-electron chi connectivity index (χ0n) is 2.08. The van der Waals surface area contributed by atoms with Crippen molar-refractivity contribution in [2.24, 2.45) is 0 Å². The predicted molar refractivity (Wildman–Crippen MR) is 1.37 cm³/mol. The van der Waals surface area contributed by atoms with E-state index in [2.05, 4.69) is 0 Å². The van der Waals surface area contributed by atoms with Crippen LogP contribution in [0.25, 0.3) is 0 Å². The molecular formula is O2RuTiW. The van der Waals surface area contributed by atoms with Gasteiger partial charge in [0.2, 0.25) is 0 Å². The first kappa shape index (κ1) is 16.0. The fourth-order valence-corrected chi connectivity index (χ4v) is 0. The van der Waals surface area contributed by atoms with Crippen molar-refractivity contribution in [3.63, 3.8) is 0 Å². The van der Waals surface area contributed by atoms with Gasteiger partial charge in [0.1, 0.15) is 0 Å². The normalized spacial score (nSPS) is 1.60. The Morgan fingerprint density at radius 1 is 1.20 bits per heavy atom. The van der Waals surface area contributed by atoms with Crippen LogP contribution in [0.5, 0.6) is 0 Å². The molecule has 0 aliphatic rings. The summed E-state index contributed by atoms with van der Waals surface area (Å²) in [6, 6.07) is 0. The van der Waals surface area contributed by atoms with E-state index in [-0.39, 0.29) is 40.5 Å². The molecule has 0 bridgehead atoms. The van der Waals surface area contributed by atoms with E-state index in [0.29, 0.717) is 0 Å². The van der Waals surface area contributed by atoms with Crippen molar-refractivity contribution in [1.29, 1.82) is 0 Å². The third-order valence-electron chi connectivity index (χ3n) is 0. The van der Waals surface area contributed by atoms with Gasteiger partial charge in [-0.2, -0.15) is 0 Å². The van der Waals surface area contributed by atoms with E-state index in [0.717, 1.165) is 0 Å². The maximum atomic E-state index is 8.50. The third-order valence-corrected chi connectivity index (χ3v) is 0. The molecule has 0 saturated carbocycles. The molecule has 0 aromatic rings. The van der Waals surface area contributed by atoms with Gasteiger partial charge in [-0.25, -0.2) is 0 Å². The predicted octanol–water partition coefficient (Wildman–Crippen LogP) is -0.245. The van der Waals surface area contributed by atoms with Gasteiger partial charge in [-0.1, -0.05) is 0 Å². The minimum atomic E-state index is -2.00. The number of rotatable bonds is 0. The van der Waals surface area contributed by atoms with Crippen molar-refractivity contribution >= 4 is 0 Å². The van der Waals surface area contributed by atoms with Crippen LogP contribution in [0, 0.1) is 0 Å². The first-order valence-electron chi connectivity index (χ1n) is 0.408. The molecular weight excluding hydrogens is 365 g/mol. The minimum Gasteiger partial charge on any atom is 0 e. The smallest absolute Gasteiger partial charge is 0 e. The largest absolute Gasteiger partial charge is 0 e. The Hall–Kier alpha value is 1.63. The molecule has 0 saturated heterocycles. The van der Waals surface area contributed by atoms with Crippen LogP contribution in [-0.4, -0.2) is 0 Å². The Bertz CT molecular complexity index is 30.6. The number of hydrogen-bond donors (Lipinski definition) is 0. The summed E-state index contributed by atoms with van der Waals surface area (Å²) in [5.74, 6) is 0. The molecule has 0 N–H and O–H groups in total. The van der Waals surface area contributed by atoms with E-state index in [1.807, 2.05) is 0 Å². The fourth-order valence-electron chi connectivity index (χ4n) is 0. The zero-order valence-corrected chi connectivity index (χ0v) is 8.31. The molecule has 0 fully saturated rings. The Labute approximate surface area is 65.7 Å². The molecule has 0 atom stereocenters. The van der Waals surface area contributed by atoms with Crippen LogP contribution in [0.3, 0.4) is 0 Å². The average molecular weight is 365 g/mol. The summed E-state index contributed by atoms with van der Waals surface area (Å²) in [7, 11) is 0. The van der Waals surface area contributed by atoms with Gasteiger partial charge < -0.3 is 0 Å². The molecule has 30 valence electrons. The van der Waals surface area contributed by atoms with Crippen LogP contribution in [-0.2, 0) is 66.3 Å². The molecule has 5 heavy (non-hydrogen) atoms. The van der Waals surface area contributed by atoms with Crippen molar-refractivity contribution < 1.29 is 66.3 Å². The summed E-state index contributed by atoms with van der Waals surface area (Å²) < 4.78 is 17.0. The van der Waals surface area contributed by atoms with E-state index in [4.69, 9.17) is 6.65 Å². The van der Waals surface area contributed by atoms with Gasteiger partial charge in [-0.05, 0) is 0 Å². The zero-order chi connectivity index (χ0) is 2.71. The van der Waals surface area contributed by atoms with Gasteiger partial charge in [-0.15, -0.1) is 0 Å². The van der Waals surface area contributed by atoms with Crippen molar-refractivity contribution in [3.8, 4) is 0 Å². The number of hydrogen-bond acceptors (Lipinski definition) is 2. The summed E-state index contributed by atoms with van der Waals surface area (Å²) >= 11 is -2.00. The molecule has 0 spiro atoms. The van der Waals surface area contributed by atoms with E-state index in [1.54, 1.807) is 0 Å². The summed E-state index contributed by atoms with van der Waals surface area (Å²) in [6.45, 7) is 0. The second-order valence-corrected chi connectivity index (χ2v) is 0.344. The van der Waals surface area contributed by atoms with Crippen LogP contribution in [0.2, 0.25) is 0 Å². The van der Waals surface area contributed by atoms with Crippen LogP contribution in [0.1, 0.15) is 0 Å². The van der Waals surface area contributed by atoms with Gasteiger partial charge in [0.25, 0.3) is 0 Å². The molecule has 0 aliphatic heterocycles. The first-order valence-corrected chi connectivity index (χ1v) is 1.68. The molecule has 0 heterocycles. The minimum absolute atomic E-state index is 0. The van der Waals surface area contributed by atoms with Crippen LogP contribution in [0.15, 0.2) is 0 Å². The third kappa shape index (κ3) is 28.0. The molecule has 2 nitrogen and oxygen atoms in total. The maximum Gasteiger partial charge on any atom is 0 e. The van der Waals surface area contributed by atoms with Crippen molar-refractivity contribution in [2.45, 2.75) is 0 Å². The van der Waals surface area contributed by atoms with Gasteiger partial charge in [0, 0.05) is 40.5 Å². The maximum absolute atomic E-state index is 8.50. The summed E-state index contributed by atoms with van der Waals surface area (Å²) in [5.41, 5.74) is 0. The molecule has 0 rings (SSSR count). The van der Waals surface area contributed by atoms with Crippen LogP contribution >= 0.6 is 0 Å². The van der Waals surface area contributed by atoms with Crippen molar-refractivity contribution in [2.75, 3.05) is 0 Å². The quantitative estimate of drug-likeness (QED) is 0.556. The van der Waals surface area contributed by atoms with Crippen molar-refractivity contribution in [3.05, 3.63) is 0 Å². The van der Waals surface area contributed by atoms with Gasteiger partial charge >= 0.3 is 25.7 Å².